The molecule has 0 fully saturated rings. The predicted octanol–water partition coefficient (Wildman–Crippen LogP) is 0.512. The van der Waals surface area contributed by atoms with Crippen molar-refractivity contribution in [3.05, 3.63) is 12.4 Å². The van der Waals surface area contributed by atoms with Gasteiger partial charge in [-0.25, -0.2) is 0 Å². The van der Waals surface area contributed by atoms with Crippen molar-refractivity contribution >= 4 is 7.25 Å². The largest absolute Gasteiger partial charge is 0.673 e. The summed E-state index contributed by atoms with van der Waals surface area (Å²) in [5.41, 5.74) is 0. The van der Waals surface area contributed by atoms with Gasteiger partial charge in [0.05, 0.1) is 13.2 Å². The summed E-state index contributed by atoms with van der Waals surface area (Å²) < 4.78 is 39.0. The Morgan fingerprint density at radius 3 is 1.58 bits per heavy atom. The van der Waals surface area contributed by atoms with Gasteiger partial charge in [-0.15, -0.1) is 0 Å². The summed E-state index contributed by atoms with van der Waals surface area (Å²) in [6.45, 7) is 0. The van der Waals surface area contributed by atoms with Crippen molar-refractivity contribution in [2.45, 2.75) is 0 Å². The molecule has 0 atom stereocenters. The Balaban J connectivity index is 0. The molecule has 0 amide bonds. The number of nitrogens with zero attached hydrogens (tertiary/aromatic N) is 1. The van der Waals surface area contributed by atoms with Crippen LogP contribution in [0.3, 0.4) is 0 Å². The third-order valence-electron chi connectivity index (χ3n) is 0.577. The van der Waals surface area contributed by atoms with Crippen LogP contribution in [0.25, 0.3) is 0 Å². The average molecular weight is 188 g/mol. The number of quaternary nitrogens is 1. The molecule has 0 aliphatic rings. The number of hydrogen-bond donors (Lipinski definition) is 1. The van der Waals surface area contributed by atoms with E-state index in [1.165, 1.54) is 0 Å². The monoisotopic (exact) mass is 188 g/mol. The minimum atomic E-state index is -6.00. The van der Waals surface area contributed by atoms with Crippen LogP contribution in [0.2, 0.25) is 0 Å². The molecule has 7 heteroatoms. The fourth-order valence-electron chi connectivity index (χ4n) is 0.258. The standard InChI is InChI=1S/C5H12N2.BF4/c1-6-4-5-7(2)3;2-1(3,4)5/h4-6H,1-3H3;/q;-1/p+1. The number of halogens is 4. The highest BCUT2D eigenvalue weighted by molar-refractivity contribution is 6.50. The van der Waals surface area contributed by atoms with Crippen molar-refractivity contribution in [2.24, 2.45) is 0 Å². The van der Waals surface area contributed by atoms with Crippen LogP contribution in [0.15, 0.2) is 12.4 Å². The van der Waals surface area contributed by atoms with Crippen LogP contribution in [0, 0.1) is 0 Å². The van der Waals surface area contributed by atoms with E-state index in [1.807, 2.05) is 43.8 Å². The maximum atomic E-state index is 9.75. The highest BCUT2D eigenvalue weighted by atomic mass is 19.5. The molecule has 2 N–H and O–H groups in total. The molecule has 12 heavy (non-hydrogen) atoms. The van der Waals surface area contributed by atoms with Crippen LogP contribution in [-0.2, 0) is 0 Å². The van der Waals surface area contributed by atoms with E-state index in [0.717, 1.165) is 0 Å². The molecule has 0 radical (unpaired) electrons. The van der Waals surface area contributed by atoms with Gasteiger partial charge in [0.25, 0.3) is 0 Å². The molecule has 0 aromatic heterocycles. The summed E-state index contributed by atoms with van der Waals surface area (Å²) in [6, 6.07) is 0. The van der Waals surface area contributed by atoms with Gasteiger partial charge in [0.2, 0.25) is 0 Å². The molecule has 2 nitrogen and oxygen atoms in total. The Morgan fingerprint density at radius 2 is 1.50 bits per heavy atom. The Hall–Kier alpha value is -0.715. The van der Waals surface area contributed by atoms with Crippen LogP contribution < -0.4 is 5.32 Å². The van der Waals surface area contributed by atoms with Gasteiger partial charge in [-0.3, -0.25) is 0 Å². The highest BCUT2D eigenvalue weighted by Crippen LogP contribution is 2.06. The zero-order valence-corrected chi connectivity index (χ0v) is 7.27. The highest BCUT2D eigenvalue weighted by Gasteiger charge is 2.20. The Morgan fingerprint density at radius 1 is 1.17 bits per heavy atom. The lowest BCUT2D eigenvalue weighted by Gasteiger charge is -1.99. The quantitative estimate of drug-likeness (QED) is 0.494. The third-order valence-corrected chi connectivity index (χ3v) is 0.577. The third kappa shape index (κ3) is 59.1. The lowest BCUT2D eigenvalue weighted by molar-refractivity contribution is -0.557. The summed E-state index contributed by atoms with van der Waals surface area (Å²) >= 11 is 0. The van der Waals surface area contributed by atoms with Crippen LogP contribution in [0.4, 0.5) is 17.3 Å². The van der Waals surface area contributed by atoms with E-state index in [-0.39, 0.29) is 0 Å². The first-order valence-corrected chi connectivity index (χ1v) is 3.27. The molecule has 0 aromatic carbocycles. The van der Waals surface area contributed by atoms with E-state index in [1.54, 1.807) is 0 Å². The fraction of sp³-hybridized carbons (Fsp3) is 0.600. The zero-order valence-electron chi connectivity index (χ0n) is 7.27. The van der Waals surface area contributed by atoms with Gasteiger partial charge >= 0.3 is 7.25 Å². The topological polar surface area (TPSA) is 19.9 Å². The van der Waals surface area contributed by atoms with Crippen LogP contribution in [0.1, 0.15) is 0 Å². The molecule has 0 unspecified atom stereocenters. The fourth-order valence-corrected chi connectivity index (χ4v) is 0.258. The maximum absolute atomic E-state index is 9.75. The van der Waals surface area contributed by atoms with E-state index in [9.17, 15) is 17.3 Å². The molecule has 0 aliphatic heterocycles. The van der Waals surface area contributed by atoms with Crippen LogP contribution in [-0.4, -0.2) is 33.3 Å². The van der Waals surface area contributed by atoms with Gasteiger partial charge in [0.15, 0.2) is 0 Å². The van der Waals surface area contributed by atoms with Gasteiger partial charge < -0.3 is 27.5 Å². The van der Waals surface area contributed by atoms with Gasteiger partial charge in [-0.05, 0) is 0 Å². The normalized spacial score (nSPS) is 10.9. The second-order valence-corrected chi connectivity index (χ2v) is 2.13. The van der Waals surface area contributed by atoms with Gasteiger partial charge in [-0.2, -0.15) is 0 Å². The Labute approximate surface area is 69.3 Å². The summed E-state index contributed by atoms with van der Waals surface area (Å²) in [6.07, 6.45) is 4.00. The first kappa shape index (κ1) is 13.8. The van der Waals surface area contributed by atoms with E-state index in [2.05, 4.69) is 0 Å². The Kier molecular flexibility index (Phi) is 8.03. The smallest absolute Gasteiger partial charge is 0.418 e. The van der Waals surface area contributed by atoms with Gasteiger partial charge in [0.1, 0.15) is 6.20 Å². The molecule has 74 valence electrons. The SMILES string of the molecule is C[NH2+]C=CN(C)C.F[B-](F)(F)F. The summed E-state index contributed by atoms with van der Waals surface area (Å²) in [5, 5.41) is 2.00. The number of rotatable bonds is 2. The summed E-state index contributed by atoms with van der Waals surface area (Å²) in [5.74, 6) is 0. The van der Waals surface area contributed by atoms with E-state index < -0.39 is 7.25 Å². The van der Waals surface area contributed by atoms with Gasteiger partial charge in [0, 0.05) is 14.1 Å². The molecule has 0 heterocycles. The molecule has 0 spiro atoms. The lowest BCUT2D eigenvalue weighted by Crippen LogP contribution is -2.72. The molecular weight excluding hydrogens is 175 g/mol. The first-order valence-electron chi connectivity index (χ1n) is 3.27. The molecule has 0 aromatic rings. The minimum absolute atomic E-state index is 2.00. The molecule has 0 saturated carbocycles. The van der Waals surface area contributed by atoms with E-state index in [4.69, 9.17) is 0 Å². The van der Waals surface area contributed by atoms with Gasteiger partial charge in [-0.1, -0.05) is 0 Å². The molecule has 0 rings (SSSR count). The lowest BCUT2D eigenvalue weighted by atomic mass is 10.3. The zero-order chi connectivity index (χ0) is 10.2. The summed E-state index contributed by atoms with van der Waals surface area (Å²) in [4.78, 5) is 2.00. The predicted molar refractivity (Wildman–Crippen MR) is 40.9 cm³/mol. The Bertz CT molecular complexity index is 117. The van der Waals surface area contributed by atoms with E-state index >= 15 is 0 Å². The maximum Gasteiger partial charge on any atom is 0.673 e. The molecule has 0 aliphatic carbocycles. The van der Waals surface area contributed by atoms with Crippen molar-refractivity contribution in [1.29, 1.82) is 0 Å². The average Bonchev–Trinajstić information content (AvgIpc) is 1.79. The van der Waals surface area contributed by atoms with Crippen molar-refractivity contribution in [3.63, 3.8) is 0 Å². The number of nitrogens with two attached hydrogens (primary N) is 1. The second-order valence-electron chi connectivity index (χ2n) is 2.13. The molecule has 0 saturated heterocycles. The van der Waals surface area contributed by atoms with Crippen LogP contribution >= 0.6 is 0 Å². The van der Waals surface area contributed by atoms with Crippen molar-refractivity contribution in [1.82, 2.24) is 4.90 Å². The number of hydrogen-bond acceptors (Lipinski definition) is 1. The minimum Gasteiger partial charge on any atom is -0.418 e. The van der Waals surface area contributed by atoms with Crippen molar-refractivity contribution < 1.29 is 22.6 Å². The van der Waals surface area contributed by atoms with Crippen LogP contribution in [0.5, 0.6) is 0 Å². The van der Waals surface area contributed by atoms with Crippen molar-refractivity contribution in [3.8, 4) is 0 Å². The second kappa shape index (κ2) is 6.96. The summed E-state index contributed by atoms with van der Waals surface area (Å²) in [7, 11) is 0. The first-order chi connectivity index (χ1) is 5.27. The molecular formula is C5H13BF4N2. The molecule has 0 bridgehead atoms. The van der Waals surface area contributed by atoms with Crippen molar-refractivity contribution in [2.75, 3.05) is 21.1 Å². The van der Waals surface area contributed by atoms with E-state index in [0.29, 0.717) is 0 Å².